The van der Waals surface area contributed by atoms with E-state index in [1.807, 2.05) is 0 Å². The second-order valence-electron chi connectivity index (χ2n) is 4.49. The molecule has 0 aromatic heterocycles. The van der Waals surface area contributed by atoms with Gasteiger partial charge in [0.1, 0.15) is 5.38 Å². The van der Waals surface area contributed by atoms with Crippen molar-refractivity contribution in [2.75, 3.05) is 0 Å². The van der Waals surface area contributed by atoms with Gasteiger partial charge in [0.2, 0.25) is 11.8 Å². The van der Waals surface area contributed by atoms with Crippen molar-refractivity contribution in [2.45, 2.75) is 25.1 Å². The number of rotatable bonds is 2. The van der Waals surface area contributed by atoms with Gasteiger partial charge in [-0.05, 0) is 31.0 Å². The number of hydrogen-bond donors (Lipinski definition) is 1. The smallest absolute Gasteiger partial charge is 0.272 e. The van der Waals surface area contributed by atoms with E-state index in [1.165, 1.54) is 6.07 Å². The van der Waals surface area contributed by atoms with E-state index in [2.05, 4.69) is 5.32 Å². The largest absolute Gasteiger partial charge is 0.295 e. The summed E-state index contributed by atoms with van der Waals surface area (Å²) in [5.74, 6) is -1.80. The Hall–Kier alpha value is -1.95. The van der Waals surface area contributed by atoms with Gasteiger partial charge in [-0.25, -0.2) is 0 Å². The summed E-state index contributed by atoms with van der Waals surface area (Å²) in [7, 11) is 0. The Morgan fingerprint density at radius 1 is 1.21 bits per heavy atom. The molecule has 1 heterocycles. The molecular weight excluding hydrogens is 272 g/mol. The van der Waals surface area contributed by atoms with Crippen molar-refractivity contribution in [1.29, 1.82) is 0 Å². The van der Waals surface area contributed by atoms with Gasteiger partial charge in [-0.15, -0.1) is 11.6 Å². The molecular formula is C12H11ClN2O4. The average molecular weight is 283 g/mol. The Morgan fingerprint density at radius 2 is 1.84 bits per heavy atom. The van der Waals surface area contributed by atoms with Crippen LogP contribution >= 0.6 is 11.6 Å². The predicted molar refractivity (Wildman–Crippen MR) is 68.1 cm³/mol. The van der Waals surface area contributed by atoms with E-state index in [-0.39, 0.29) is 5.69 Å². The van der Waals surface area contributed by atoms with Gasteiger partial charge in [0, 0.05) is 11.6 Å². The maximum absolute atomic E-state index is 11.7. The first-order valence-corrected chi connectivity index (χ1v) is 6.01. The van der Waals surface area contributed by atoms with E-state index in [4.69, 9.17) is 11.6 Å². The number of imide groups is 1. The lowest BCUT2D eigenvalue weighted by Gasteiger charge is -2.14. The summed E-state index contributed by atoms with van der Waals surface area (Å²) < 4.78 is 0. The molecule has 1 aromatic carbocycles. The van der Waals surface area contributed by atoms with Crippen LogP contribution in [0.3, 0.4) is 0 Å². The first-order valence-electron chi connectivity index (χ1n) is 5.57. The molecule has 2 atom stereocenters. The zero-order valence-electron chi connectivity index (χ0n) is 10.3. The van der Waals surface area contributed by atoms with Gasteiger partial charge in [0.25, 0.3) is 5.69 Å². The second-order valence-corrected chi connectivity index (χ2v) is 4.96. The van der Waals surface area contributed by atoms with Crippen LogP contribution in [-0.4, -0.2) is 22.1 Å². The highest BCUT2D eigenvalue weighted by Crippen LogP contribution is 2.34. The number of nitro groups is 1. The maximum Gasteiger partial charge on any atom is 0.272 e. The van der Waals surface area contributed by atoms with Crippen LogP contribution in [-0.2, 0) is 9.59 Å². The summed E-state index contributed by atoms with van der Waals surface area (Å²) in [5, 5.41) is 12.0. The number of halogens is 1. The number of benzene rings is 1. The standard InChI is InChI=1S/C12H11ClN2O4/c1-5-4-8(15(18)19)6(2)3-7(5)9-10(13)12(17)14-11(9)16/h3-4,9-10H,1-2H3,(H,14,16,17). The molecule has 0 bridgehead atoms. The van der Waals surface area contributed by atoms with Gasteiger partial charge in [-0.2, -0.15) is 0 Å². The zero-order valence-corrected chi connectivity index (χ0v) is 11.0. The third-order valence-electron chi connectivity index (χ3n) is 3.19. The molecule has 2 rings (SSSR count). The van der Waals surface area contributed by atoms with E-state index in [0.29, 0.717) is 16.7 Å². The molecule has 0 saturated carbocycles. The number of alkyl halides is 1. The SMILES string of the molecule is Cc1cc([N+](=O)[O-])c(C)cc1C1C(=O)NC(=O)C1Cl. The Bertz CT molecular complexity index is 600. The molecule has 2 amide bonds. The van der Waals surface area contributed by atoms with Crippen LogP contribution in [0, 0.1) is 24.0 Å². The maximum atomic E-state index is 11.7. The van der Waals surface area contributed by atoms with Crippen LogP contribution in [0.5, 0.6) is 0 Å². The minimum atomic E-state index is -0.980. The Balaban J connectivity index is 2.52. The fraction of sp³-hybridized carbons (Fsp3) is 0.333. The first-order chi connectivity index (χ1) is 8.82. The monoisotopic (exact) mass is 282 g/mol. The molecule has 19 heavy (non-hydrogen) atoms. The summed E-state index contributed by atoms with van der Waals surface area (Å²) >= 11 is 5.92. The van der Waals surface area contributed by atoms with Gasteiger partial charge >= 0.3 is 0 Å². The van der Waals surface area contributed by atoms with Gasteiger partial charge in [-0.1, -0.05) is 0 Å². The third-order valence-corrected chi connectivity index (χ3v) is 3.64. The summed E-state index contributed by atoms with van der Waals surface area (Å²) in [6, 6.07) is 2.94. The number of aryl methyl sites for hydroxylation is 2. The van der Waals surface area contributed by atoms with E-state index >= 15 is 0 Å². The number of carbonyl (C=O) groups is 2. The molecule has 1 aromatic rings. The quantitative estimate of drug-likeness (QED) is 0.386. The molecule has 1 saturated heterocycles. The number of carbonyl (C=O) groups excluding carboxylic acids is 2. The van der Waals surface area contributed by atoms with Gasteiger partial charge < -0.3 is 0 Å². The number of nitrogens with zero attached hydrogens (tertiary/aromatic N) is 1. The van der Waals surface area contributed by atoms with Crippen molar-refractivity contribution < 1.29 is 14.5 Å². The minimum Gasteiger partial charge on any atom is -0.295 e. The third kappa shape index (κ3) is 2.19. The fourth-order valence-corrected chi connectivity index (χ4v) is 2.51. The molecule has 0 radical (unpaired) electrons. The van der Waals surface area contributed by atoms with Crippen LogP contribution in [0.4, 0.5) is 5.69 Å². The van der Waals surface area contributed by atoms with Crippen molar-refractivity contribution in [2.24, 2.45) is 0 Å². The molecule has 0 spiro atoms. The molecule has 1 aliphatic rings. The van der Waals surface area contributed by atoms with Crippen LogP contribution < -0.4 is 5.32 Å². The molecule has 1 N–H and O–H groups in total. The second kappa shape index (κ2) is 4.62. The highest BCUT2D eigenvalue weighted by atomic mass is 35.5. The van der Waals surface area contributed by atoms with E-state index in [0.717, 1.165) is 0 Å². The highest BCUT2D eigenvalue weighted by molar-refractivity contribution is 6.37. The predicted octanol–water partition coefficient (Wildman–Crippen LogP) is 1.56. The normalized spacial score (nSPS) is 22.5. The Labute approximate surface area is 113 Å². The summed E-state index contributed by atoms with van der Waals surface area (Å²) in [6.07, 6.45) is 0. The van der Waals surface area contributed by atoms with Crippen LogP contribution in [0.1, 0.15) is 22.6 Å². The number of nitrogens with one attached hydrogen (secondary N) is 1. The lowest BCUT2D eigenvalue weighted by Crippen LogP contribution is -2.22. The lowest BCUT2D eigenvalue weighted by atomic mass is 9.91. The molecule has 2 unspecified atom stereocenters. The fourth-order valence-electron chi connectivity index (χ4n) is 2.21. The van der Waals surface area contributed by atoms with Crippen LogP contribution in [0.25, 0.3) is 0 Å². The van der Waals surface area contributed by atoms with Gasteiger partial charge in [0.15, 0.2) is 0 Å². The molecule has 7 heteroatoms. The minimum absolute atomic E-state index is 0.0166. The number of hydrogen-bond acceptors (Lipinski definition) is 4. The van der Waals surface area contributed by atoms with Crippen molar-refractivity contribution in [3.8, 4) is 0 Å². The van der Waals surface area contributed by atoms with Crippen LogP contribution in [0.2, 0.25) is 0 Å². The zero-order chi connectivity index (χ0) is 14.3. The summed E-state index contributed by atoms with van der Waals surface area (Å²) in [4.78, 5) is 33.4. The Kier molecular flexibility index (Phi) is 3.28. The lowest BCUT2D eigenvalue weighted by molar-refractivity contribution is -0.385. The number of nitro benzene ring substituents is 1. The van der Waals surface area contributed by atoms with Gasteiger partial charge in [-0.3, -0.25) is 25.0 Å². The van der Waals surface area contributed by atoms with Crippen LogP contribution in [0.15, 0.2) is 12.1 Å². The molecule has 100 valence electrons. The van der Waals surface area contributed by atoms with E-state index in [1.54, 1.807) is 19.9 Å². The topological polar surface area (TPSA) is 89.3 Å². The summed E-state index contributed by atoms with van der Waals surface area (Å²) in [5.41, 5.74) is 1.53. The summed E-state index contributed by atoms with van der Waals surface area (Å²) in [6.45, 7) is 3.24. The molecule has 6 nitrogen and oxygen atoms in total. The van der Waals surface area contributed by atoms with Crippen molar-refractivity contribution in [3.63, 3.8) is 0 Å². The molecule has 1 aliphatic heterocycles. The molecule has 0 aliphatic carbocycles. The molecule has 1 fully saturated rings. The first kappa shape index (κ1) is 13.5. The van der Waals surface area contributed by atoms with E-state index < -0.39 is 28.0 Å². The van der Waals surface area contributed by atoms with Crippen molar-refractivity contribution in [1.82, 2.24) is 5.32 Å². The van der Waals surface area contributed by atoms with E-state index in [9.17, 15) is 19.7 Å². The van der Waals surface area contributed by atoms with Crippen molar-refractivity contribution >= 4 is 29.1 Å². The average Bonchev–Trinajstić information content (AvgIpc) is 2.56. The highest BCUT2D eigenvalue weighted by Gasteiger charge is 2.42. The van der Waals surface area contributed by atoms with Crippen molar-refractivity contribution in [3.05, 3.63) is 38.9 Å². The Morgan fingerprint density at radius 3 is 2.32 bits per heavy atom. The number of amides is 2. The van der Waals surface area contributed by atoms with Gasteiger partial charge in [0.05, 0.1) is 10.8 Å².